The van der Waals surface area contributed by atoms with E-state index in [4.69, 9.17) is 9.47 Å². The first-order chi connectivity index (χ1) is 13.5. The van der Waals surface area contributed by atoms with Crippen LogP contribution in [0.5, 0.6) is 5.75 Å². The molecule has 0 saturated carbocycles. The number of nitrogens with zero attached hydrogens (tertiary/aromatic N) is 2. The van der Waals surface area contributed by atoms with Crippen molar-refractivity contribution in [3.8, 4) is 16.3 Å². The second-order valence-corrected chi connectivity index (χ2v) is 7.90. The molecule has 0 aliphatic heterocycles. The molecule has 0 bridgehead atoms. The number of rotatable bonds is 7. The number of aryl methyl sites for hydroxylation is 1. The summed E-state index contributed by atoms with van der Waals surface area (Å²) >= 11 is 2.83. The van der Waals surface area contributed by atoms with Gasteiger partial charge < -0.3 is 14.4 Å². The van der Waals surface area contributed by atoms with Gasteiger partial charge in [-0.3, -0.25) is 4.79 Å². The number of carbonyl (C=O) groups is 2. The second kappa shape index (κ2) is 8.99. The second-order valence-electron chi connectivity index (χ2n) is 6.12. The van der Waals surface area contributed by atoms with Gasteiger partial charge in [-0.2, -0.15) is 11.3 Å². The molecule has 1 amide bonds. The van der Waals surface area contributed by atoms with Crippen LogP contribution in [0.4, 0.5) is 0 Å². The number of hydrogen-bond acceptors (Lipinski definition) is 7. The van der Waals surface area contributed by atoms with Crippen molar-refractivity contribution in [2.45, 2.75) is 13.5 Å². The van der Waals surface area contributed by atoms with E-state index in [0.717, 1.165) is 16.9 Å². The molecule has 0 aliphatic rings. The molecule has 8 heteroatoms. The van der Waals surface area contributed by atoms with Gasteiger partial charge in [0.05, 0.1) is 12.8 Å². The van der Waals surface area contributed by atoms with E-state index in [-0.39, 0.29) is 12.5 Å². The highest BCUT2D eigenvalue weighted by Crippen LogP contribution is 2.29. The third-order valence-electron chi connectivity index (χ3n) is 4.07. The maximum absolute atomic E-state index is 12.4. The van der Waals surface area contributed by atoms with Crippen LogP contribution in [0.2, 0.25) is 0 Å². The monoisotopic (exact) mass is 416 g/mol. The van der Waals surface area contributed by atoms with Gasteiger partial charge in [-0.1, -0.05) is 0 Å². The molecule has 0 N–H and O–H groups in total. The molecule has 28 heavy (non-hydrogen) atoms. The number of hydrogen-bond donors (Lipinski definition) is 0. The first-order valence-electron chi connectivity index (χ1n) is 8.52. The van der Waals surface area contributed by atoms with E-state index >= 15 is 0 Å². The highest BCUT2D eigenvalue weighted by atomic mass is 32.1. The first-order valence-corrected chi connectivity index (χ1v) is 10.3. The zero-order chi connectivity index (χ0) is 20.1. The van der Waals surface area contributed by atoms with Crippen molar-refractivity contribution in [2.75, 3.05) is 20.8 Å². The molecule has 6 nitrogen and oxygen atoms in total. The van der Waals surface area contributed by atoms with E-state index < -0.39 is 5.97 Å². The minimum absolute atomic E-state index is 0.253. The van der Waals surface area contributed by atoms with Gasteiger partial charge in [0.15, 0.2) is 6.61 Å². The lowest BCUT2D eigenvalue weighted by molar-refractivity contribution is -0.133. The number of benzene rings is 1. The number of methoxy groups -OCH3 is 1. The van der Waals surface area contributed by atoms with E-state index in [9.17, 15) is 9.59 Å². The molecule has 3 rings (SSSR count). The van der Waals surface area contributed by atoms with Crippen LogP contribution in [0.25, 0.3) is 10.6 Å². The van der Waals surface area contributed by atoms with Crippen molar-refractivity contribution >= 4 is 34.6 Å². The summed E-state index contributed by atoms with van der Waals surface area (Å²) in [6, 6.07) is 9.41. The van der Waals surface area contributed by atoms with E-state index in [0.29, 0.717) is 22.1 Å². The van der Waals surface area contributed by atoms with Gasteiger partial charge in [-0.15, -0.1) is 11.3 Å². The fourth-order valence-electron chi connectivity index (χ4n) is 2.49. The lowest BCUT2D eigenvalue weighted by Crippen LogP contribution is -2.30. The van der Waals surface area contributed by atoms with Gasteiger partial charge in [0.2, 0.25) is 0 Å². The number of esters is 1. The smallest absolute Gasteiger partial charge is 0.350 e. The lowest BCUT2D eigenvalue weighted by atomic mass is 10.2. The Morgan fingerprint density at radius 3 is 2.57 bits per heavy atom. The standard InChI is InChI=1S/C20H20N2O4S2/c1-13-18(28-19(21-13)15-4-6-16(25-3)7-5-15)20(24)26-11-17(23)22(2)10-14-8-9-27-12-14/h4-9,12H,10-11H2,1-3H3. The summed E-state index contributed by atoms with van der Waals surface area (Å²) in [7, 11) is 3.29. The molecule has 0 aliphatic carbocycles. The predicted molar refractivity (Wildman–Crippen MR) is 110 cm³/mol. The number of carbonyl (C=O) groups excluding carboxylic acids is 2. The van der Waals surface area contributed by atoms with Crippen LogP contribution in [-0.4, -0.2) is 42.5 Å². The minimum atomic E-state index is -0.535. The molecule has 3 aromatic rings. The zero-order valence-electron chi connectivity index (χ0n) is 15.8. The van der Waals surface area contributed by atoms with E-state index in [2.05, 4.69) is 4.98 Å². The van der Waals surface area contributed by atoms with Crippen LogP contribution >= 0.6 is 22.7 Å². The number of ether oxygens (including phenoxy) is 2. The summed E-state index contributed by atoms with van der Waals surface area (Å²) in [6.07, 6.45) is 0. The average Bonchev–Trinajstić information content (AvgIpc) is 3.35. The first kappa shape index (κ1) is 20.0. The normalized spacial score (nSPS) is 10.5. The number of amides is 1. The van der Waals surface area contributed by atoms with Crippen LogP contribution in [0.15, 0.2) is 41.1 Å². The third kappa shape index (κ3) is 4.76. The molecule has 0 spiro atoms. The Morgan fingerprint density at radius 1 is 1.18 bits per heavy atom. The topological polar surface area (TPSA) is 68.7 Å². The van der Waals surface area contributed by atoms with Crippen LogP contribution in [0.1, 0.15) is 20.9 Å². The number of likely N-dealkylation sites (N-methyl/N-ethyl adjacent to an activating group) is 1. The molecular weight excluding hydrogens is 396 g/mol. The SMILES string of the molecule is COc1ccc(-c2nc(C)c(C(=O)OCC(=O)N(C)Cc3ccsc3)s2)cc1. The van der Waals surface area contributed by atoms with Gasteiger partial charge in [0.25, 0.3) is 5.91 Å². The number of aromatic nitrogens is 1. The quantitative estimate of drug-likeness (QED) is 0.545. The highest BCUT2D eigenvalue weighted by molar-refractivity contribution is 7.17. The van der Waals surface area contributed by atoms with Crippen LogP contribution < -0.4 is 4.74 Å². The summed E-state index contributed by atoms with van der Waals surface area (Å²) in [5.41, 5.74) is 2.52. The third-order valence-corrected chi connectivity index (χ3v) is 5.99. The van der Waals surface area contributed by atoms with Crippen molar-refractivity contribution in [3.05, 3.63) is 57.2 Å². The van der Waals surface area contributed by atoms with Crippen molar-refractivity contribution in [1.29, 1.82) is 0 Å². The molecule has 0 radical (unpaired) electrons. The van der Waals surface area contributed by atoms with Gasteiger partial charge >= 0.3 is 5.97 Å². The molecule has 0 fully saturated rings. The lowest BCUT2D eigenvalue weighted by Gasteiger charge is -2.16. The predicted octanol–water partition coefficient (Wildman–Crippen LogP) is 4.00. The molecule has 2 heterocycles. The Bertz CT molecular complexity index is 949. The van der Waals surface area contributed by atoms with Crippen LogP contribution in [0.3, 0.4) is 0 Å². The fourth-order valence-corrected chi connectivity index (χ4v) is 4.12. The molecule has 0 unspecified atom stereocenters. The Balaban J connectivity index is 1.61. The fraction of sp³-hybridized carbons (Fsp3) is 0.250. The molecule has 2 aromatic heterocycles. The number of thiazole rings is 1. The van der Waals surface area contributed by atoms with Crippen molar-refractivity contribution in [3.63, 3.8) is 0 Å². The molecular formula is C20H20N2O4S2. The molecule has 0 atom stereocenters. The zero-order valence-corrected chi connectivity index (χ0v) is 17.4. The largest absolute Gasteiger partial charge is 0.497 e. The van der Waals surface area contributed by atoms with E-state index in [1.165, 1.54) is 16.2 Å². The van der Waals surface area contributed by atoms with Crippen LogP contribution in [0, 0.1) is 6.92 Å². The Kier molecular flexibility index (Phi) is 6.43. The van der Waals surface area contributed by atoms with Crippen molar-refractivity contribution < 1.29 is 19.1 Å². The summed E-state index contributed by atoms with van der Waals surface area (Å²) in [5.74, 6) is -0.0362. The van der Waals surface area contributed by atoms with E-state index in [1.807, 2.05) is 41.1 Å². The molecule has 1 aromatic carbocycles. The average molecular weight is 417 g/mol. The van der Waals surface area contributed by atoms with Gasteiger partial charge in [-0.25, -0.2) is 9.78 Å². The molecule has 146 valence electrons. The van der Waals surface area contributed by atoms with Crippen molar-refractivity contribution in [2.24, 2.45) is 0 Å². The highest BCUT2D eigenvalue weighted by Gasteiger charge is 2.20. The number of thiophene rings is 1. The molecule has 0 saturated heterocycles. The summed E-state index contributed by atoms with van der Waals surface area (Å²) < 4.78 is 10.4. The van der Waals surface area contributed by atoms with Gasteiger partial charge in [0, 0.05) is 19.2 Å². The minimum Gasteiger partial charge on any atom is -0.497 e. The van der Waals surface area contributed by atoms with Gasteiger partial charge in [-0.05, 0) is 53.6 Å². The van der Waals surface area contributed by atoms with E-state index in [1.54, 1.807) is 32.4 Å². The maximum Gasteiger partial charge on any atom is 0.350 e. The Hall–Kier alpha value is -2.71. The Morgan fingerprint density at radius 2 is 1.93 bits per heavy atom. The van der Waals surface area contributed by atoms with Crippen molar-refractivity contribution in [1.82, 2.24) is 9.88 Å². The summed E-state index contributed by atoms with van der Waals surface area (Å²) in [5, 5.41) is 4.66. The van der Waals surface area contributed by atoms with Gasteiger partial charge in [0.1, 0.15) is 15.6 Å². The Labute approximate surface area is 171 Å². The summed E-state index contributed by atoms with van der Waals surface area (Å²) in [4.78, 5) is 31.0. The maximum atomic E-state index is 12.4. The summed E-state index contributed by atoms with van der Waals surface area (Å²) in [6.45, 7) is 1.94. The van der Waals surface area contributed by atoms with Crippen LogP contribution in [-0.2, 0) is 16.1 Å².